The van der Waals surface area contributed by atoms with Crippen LogP contribution in [0.3, 0.4) is 0 Å². The lowest BCUT2D eigenvalue weighted by molar-refractivity contribution is 0.114. The summed E-state index contributed by atoms with van der Waals surface area (Å²) in [6.07, 6.45) is 4.67. The molecule has 0 spiro atoms. The summed E-state index contributed by atoms with van der Waals surface area (Å²) in [6.45, 7) is 3.43. The highest BCUT2D eigenvalue weighted by molar-refractivity contribution is 5.62. The van der Waals surface area contributed by atoms with Crippen LogP contribution in [0.4, 0.5) is 0 Å². The molecule has 1 saturated heterocycles. The summed E-state index contributed by atoms with van der Waals surface area (Å²) in [6, 6.07) is 18.0. The van der Waals surface area contributed by atoms with E-state index in [1.54, 1.807) is 12.3 Å². The molecule has 2 aliphatic heterocycles. The molecule has 3 aromatic rings. The minimum Gasteiger partial charge on any atom is -0.312 e. The van der Waals surface area contributed by atoms with Crippen LogP contribution in [0.5, 0.6) is 0 Å². The summed E-state index contributed by atoms with van der Waals surface area (Å²) in [5.41, 5.74) is 4.96. The number of likely N-dealkylation sites (tertiary alicyclic amines) is 1. The van der Waals surface area contributed by atoms with Crippen molar-refractivity contribution in [2.45, 2.75) is 25.4 Å². The number of aromatic nitrogens is 2. The van der Waals surface area contributed by atoms with Gasteiger partial charge in [-0.05, 0) is 41.7 Å². The first-order valence-corrected chi connectivity index (χ1v) is 10.1. The highest BCUT2D eigenvalue weighted by Gasteiger charge is 2.35. The van der Waals surface area contributed by atoms with Crippen LogP contribution in [0.15, 0.2) is 65.7 Å². The molecule has 0 aliphatic carbocycles. The third-order valence-corrected chi connectivity index (χ3v) is 6.16. The van der Waals surface area contributed by atoms with Gasteiger partial charge in [0.25, 0.3) is 5.56 Å². The molecule has 29 heavy (non-hydrogen) atoms. The number of rotatable bonds is 3. The fraction of sp³-hybridized carbons (Fsp3) is 0.292. The normalized spacial score (nSPS) is 20.7. The molecule has 144 valence electrons. The van der Waals surface area contributed by atoms with Crippen molar-refractivity contribution in [2.75, 3.05) is 13.1 Å². The van der Waals surface area contributed by atoms with Crippen LogP contribution in [-0.4, -0.2) is 27.5 Å². The van der Waals surface area contributed by atoms with Gasteiger partial charge >= 0.3 is 0 Å². The van der Waals surface area contributed by atoms with Crippen molar-refractivity contribution in [3.05, 3.63) is 88.1 Å². The largest absolute Gasteiger partial charge is 0.312 e. The summed E-state index contributed by atoms with van der Waals surface area (Å²) >= 11 is 0. The van der Waals surface area contributed by atoms with Crippen molar-refractivity contribution in [2.24, 2.45) is 5.92 Å². The van der Waals surface area contributed by atoms with Crippen molar-refractivity contribution < 1.29 is 0 Å². The Morgan fingerprint density at radius 3 is 2.79 bits per heavy atom. The van der Waals surface area contributed by atoms with Crippen LogP contribution in [0, 0.1) is 17.2 Å². The summed E-state index contributed by atoms with van der Waals surface area (Å²) in [7, 11) is 0. The molecule has 0 saturated carbocycles. The van der Waals surface area contributed by atoms with Crippen LogP contribution in [0.2, 0.25) is 0 Å². The van der Waals surface area contributed by atoms with E-state index < -0.39 is 0 Å². The molecule has 0 amide bonds. The number of pyridine rings is 2. The van der Waals surface area contributed by atoms with E-state index >= 15 is 0 Å². The molecule has 5 heteroatoms. The van der Waals surface area contributed by atoms with E-state index in [1.165, 1.54) is 0 Å². The molecule has 0 N–H and O–H groups in total. The first-order chi connectivity index (χ1) is 14.2. The molecular weight excluding hydrogens is 360 g/mol. The van der Waals surface area contributed by atoms with Crippen molar-refractivity contribution >= 4 is 0 Å². The topological polar surface area (TPSA) is 61.9 Å². The number of hydrogen-bond donors (Lipinski definition) is 0. The molecule has 0 radical (unpaired) electrons. The molecule has 2 atom stereocenters. The number of hydrogen-bond acceptors (Lipinski definition) is 4. The van der Waals surface area contributed by atoms with Gasteiger partial charge in [-0.1, -0.05) is 24.3 Å². The summed E-state index contributed by atoms with van der Waals surface area (Å²) in [5, 5.41) is 9.40. The maximum atomic E-state index is 12.8. The van der Waals surface area contributed by atoms with Crippen molar-refractivity contribution in [3.63, 3.8) is 0 Å². The quantitative estimate of drug-likeness (QED) is 0.697. The van der Waals surface area contributed by atoms with Gasteiger partial charge in [-0.25, -0.2) is 0 Å². The molecule has 2 bridgehead atoms. The number of nitrogens with zero attached hydrogens (tertiary/aromatic N) is 4. The SMILES string of the molecule is N#Cc1ccccc1CN1C[C@@H]2C[C@H](C1)c1cc(-c3cccnc3)cc(=O)n1C2. The van der Waals surface area contributed by atoms with Gasteiger partial charge in [0.05, 0.1) is 11.6 Å². The summed E-state index contributed by atoms with van der Waals surface area (Å²) < 4.78 is 1.97. The number of fused-ring (bicyclic) bond motifs is 4. The maximum Gasteiger partial charge on any atom is 0.251 e. The molecule has 5 rings (SSSR count). The first kappa shape index (κ1) is 17.8. The molecular formula is C24H22N4O. The molecule has 2 aliphatic rings. The number of benzene rings is 1. The Bertz CT molecular complexity index is 1150. The van der Waals surface area contributed by atoms with Crippen molar-refractivity contribution in [3.8, 4) is 17.2 Å². The van der Waals surface area contributed by atoms with E-state index in [4.69, 9.17) is 0 Å². The van der Waals surface area contributed by atoms with Crippen molar-refractivity contribution in [1.29, 1.82) is 5.26 Å². The van der Waals surface area contributed by atoms with Gasteiger partial charge in [0.1, 0.15) is 0 Å². The van der Waals surface area contributed by atoms with Gasteiger partial charge < -0.3 is 4.57 Å². The Morgan fingerprint density at radius 2 is 1.97 bits per heavy atom. The van der Waals surface area contributed by atoms with E-state index in [0.717, 1.165) is 60.5 Å². The Balaban J connectivity index is 1.46. The van der Waals surface area contributed by atoms with E-state index in [0.29, 0.717) is 11.8 Å². The molecule has 0 unspecified atom stereocenters. The van der Waals surface area contributed by atoms with Crippen LogP contribution < -0.4 is 5.56 Å². The molecule has 2 aromatic heterocycles. The lowest BCUT2D eigenvalue weighted by Gasteiger charge is -2.43. The molecule has 4 heterocycles. The minimum atomic E-state index is 0.0827. The van der Waals surface area contributed by atoms with Gasteiger partial charge in [0.2, 0.25) is 0 Å². The van der Waals surface area contributed by atoms with Gasteiger partial charge in [-0.2, -0.15) is 5.26 Å². The van der Waals surface area contributed by atoms with Crippen LogP contribution in [-0.2, 0) is 13.1 Å². The Morgan fingerprint density at radius 1 is 1.07 bits per heavy atom. The summed E-state index contributed by atoms with van der Waals surface area (Å²) in [5.74, 6) is 0.804. The minimum absolute atomic E-state index is 0.0827. The highest BCUT2D eigenvalue weighted by atomic mass is 16.1. The van der Waals surface area contributed by atoms with Gasteiger partial charge in [-0.3, -0.25) is 14.7 Å². The second-order valence-corrected chi connectivity index (χ2v) is 8.12. The molecule has 1 fully saturated rings. The number of piperidine rings is 1. The van der Waals surface area contributed by atoms with Crippen LogP contribution >= 0.6 is 0 Å². The van der Waals surface area contributed by atoms with Crippen LogP contribution in [0.1, 0.15) is 29.2 Å². The monoisotopic (exact) mass is 382 g/mol. The maximum absolute atomic E-state index is 12.8. The average molecular weight is 382 g/mol. The second-order valence-electron chi connectivity index (χ2n) is 8.12. The van der Waals surface area contributed by atoms with Gasteiger partial charge in [0.15, 0.2) is 0 Å². The van der Waals surface area contributed by atoms with Crippen molar-refractivity contribution in [1.82, 2.24) is 14.5 Å². The lowest BCUT2D eigenvalue weighted by atomic mass is 9.82. The average Bonchev–Trinajstić information content (AvgIpc) is 2.75. The Hall–Kier alpha value is -3.23. The fourth-order valence-corrected chi connectivity index (χ4v) is 4.90. The Labute approximate surface area is 169 Å². The lowest BCUT2D eigenvalue weighted by Crippen LogP contribution is -2.46. The van der Waals surface area contributed by atoms with E-state index in [1.807, 2.05) is 47.2 Å². The van der Waals surface area contributed by atoms with E-state index in [2.05, 4.69) is 22.0 Å². The van der Waals surface area contributed by atoms with E-state index in [-0.39, 0.29) is 5.56 Å². The predicted octanol–water partition coefficient (Wildman–Crippen LogP) is 3.40. The molecule has 1 aromatic carbocycles. The second kappa shape index (κ2) is 7.31. The summed E-state index contributed by atoms with van der Waals surface area (Å²) in [4.78, 5) is 19.5. The Kier molecular flexibility index (Phi) is 4.49. The number of nitriles is 1. The van der Waals surface area contributed by atoms with Gasteiger partial charge in [-0.15, -0.1) is 0 Å². The standard InChI is InChI=1S/C24H22N4O/c25-11-18-4-1-2-5-20(18)15-27-13-17-8-22(16-27)23-9-21(10-24(29)28(23)14-17)19-6-3-7-26-12-19/h1-7,9-10,12,17,22H,8,13-16H2/t17-,22+/m0/s1. The zero-order valence-corrected chi connectivity index (χ0v) is 16.2. The highest BCUT2D eigenvalue weighted by Crippen LogP contribution is 2.37. The predicted molar refractivity (Wildman–Crippen MR) is 111 cm³/mol. The molecule has 5 nitrogen and oxygen atoms in total. The first-order valence-electron chi connectivity index (χ1n) is 10.1. The zero-order chi connectivity index (χ0) is 19.8. The fourth-order valence-electron chi connectivity index (χ4n) is 4.90. The van der Waals surface area contributed by atoms with Crippen LogP contribution in [0.25, 0.3) is 11.1 Å². The smallest absolute Gasteiger partial charge is 0.251 e. The third-order valence-electron chi connectivity index (χ3n) is 6.16. The third kappa shape index (κ3) is 3.37. The van der Waals surface area contributed by atoms with E-state index in [9.17, 15) is 10.1 Å². The zero-order valence-electron chi connectivity index (χ0n) is 16.2. The van der Waals surface area contributed by atoms with Gasteiger partial charge in [0, 0.05) is 61.8 Å².